The SMILES string of the molecule is CC(C)(C)OC(=O)N1CC2(CCC(C#N)C2)C1. The first-order valence-electron chi connectivity index (χ1n) is 6.21. The lowest BCUT2D eigenvalue weighted by molar-refractivity contribution is -0.0326. The summed E-state index contributed by atoms with van der Waals surface area (Å²) in [5.74, 6) is 0.191. The molecule has 2 aliphatic rings. The first-order chi connectivity index (χ1) is 7.84. The first kappa shape index (κ1) is 12.2. The van der Waals surface area contributed by atoms with Crippen molar-refractivity contribution in [1.29, 1.82) is 5.26 Å². The van der Waals surface area contributed by atoms with Crippen LogP contribution in [0.4, 0.5) is 4.79 Å². The number of carbonyl (C=O) groups excluding carboxylic acids is 1. The molecule has 0 N–H and O–H groups in total. The zero-order valence-corrected chi connectivity index (χ0v) is 10.8. The highest BCUT2D eigenvalue weighted by atomic mass is 16.6. The lowest BCUT2D eigenvalue weighted by Gasteiger charge is -2.48. The van der Waals surface area contributed by atoms with E-state index in [9.17, 15) is 4.79 Å². The Hall–Kier alpha value is -1.24. The molecule has 1 spiro atoms. The minimum Gasteiger partial charge on any atom is -0.444 e. The van der Waals surface area contributed by atoms with Gasteiger partial charge in [-0.2, -0.15) is 5.26 Å². The third kappa shape index (κ3) is 2.54. The second kappa shape index (κ2) is 3.90. The first-order valence-corrected chi connectivity index (χ1v) is 6.21. The maximum Gasteiger partial charge on any atom is 0.410 e. The molecule has 1 unspecified atom stereocenters. The number of likely N-dealkylation sites (tertiary alicyclic amines) is 1. The van der Waals surface area contributed by atoms with Gasteiger partial charge in [-0.05, 0) is 40.0 Å². The number of nitriles is 1. The third-order valence-electron chi connectivity index (χ3n) is 3.59. The molecule has 17 heavy (non-hydrogen) atoms. The van der Waals surface area contributed by atoms with Gasteiger partial charge >= 0.3 is 6.09 Å². The molecule has 0 aromatic carbocycles. The van der Waals surface area contributed by atoms with Crippen LogP contribution in [0.15, 0.2) is 0 Å². The maximum atomic E-state index is 11.8. The predicted octanol–water partition coefficient (Wildman–Crippen LogP) is 2.55. The fourth-order valence-corrected chi connectivity index (χ4v) is 2.82. The Labute approximate surface area is 103 Å². The molecule has 1 aliphatic carbocycles. The van der Waals surface area contributed by atoms with E-state index in [1.165, 1.54) is 0 Å². The van der Waals surface area contributed by atoms with E-state index in [0.717, 1.165) is 32.4 Å². The van der Waals surface area contributed by atoms with Gasteiger partial charge in [-0.15, -0.1) is 0 Å². The Morgan fingerprint density at radius 3 is 2.59 bits per heavy atom. The van der Waals surface area contributed by atoms with Gasteiger partial charge in [0.05, 0.1) is 6.07 Å². The Morgan fingerprint density at radius 1 is 1.47 bits per heavy atom. The highest BCUT2D eigenvalue weighted by Crippen LogP contribution is 2.48. The molecule has 0 aromatic heterocycles. The second-order valence-corrected chi connectivity index (χ2v) is 6.41. The molecule has 1 atom stereocenters. The highest BCUT2D eigenvalue weighted by Gasteiger charge is 2.50. The van der Waals surface area contributed by atoms with Crippen molar-refractivity contribution >= 4 is 6.09 Å². The number of rotatable bonds is 0. The van der Waals surface area contributed by atoms with Crippen LogP contribution in [0.25, 0.3) is 0 Å². The molecule has 94 valence electrons. The third-order valence-corrected chi connectivity index (χ3v) is 3.59. The van der Waals surface area contributed by atoms with Gasteiger partial charge in [0.25, 0.3) is 0 Å². The molecule has 0 bridgehead atoms. The zero-order chi connectivity index (χ0) is 12.7. The van der Waals surface area contributed by atoms with Crippen LogP contribution in [-0.2, 0) is 4.74 Å². The summed E-state index contributed by atoms with van der Waals surface area (Å²) in [6, 6.07) is 2.33. The number of hydrogen-bond acceptors (Lipinski definition) is 3. The zero-order valence-electron chi connectivity index (χ0n) is 10.8. The smallest absolute Gasteiger partial charge is 0.410 e. The summed E-state index contributed by atoms with van der Waals surface area (Å²) in [6.07, 6.45) is 2.79. The molecule has 4 nitrogen and oxygen atoms in total. The molecule has 1 heterocycles. The van der Waals surface area contributed by atoms with Crippen molar-refractivity contribution in [2.45, 2.75) is 45.6 Å². The van der Waals surface area contributed by atoms with Crippen LogP contribution in [-0.4, -0.2) is 29.7 Å². The molecular weight excluding hydrogens is 216 g/mol. The van der Waals surface area contributed by atoms with Crippen molar-refractivity contribution in [1.82, 2.24) is 4.90 Å². The standard InChI is InChI=1S/C13H20N2O2/c1-12(2,3)17-11(16)15-8-13(9-15)5-4-10(6-13)7-14/h10H,4-6,8-9H2,1-3H3. The van der Waals surface area contributed by atoms with E-state index in [0.29, 0.717) is 0 Å². The minimum absolute atomic E-state index is 0.191. The summed E-state index contributed by atoms with van der Waals surface area (Å²) in [7, 11) is 0. The molecule has 2 rings (SSSR count). The molecule has 0 aromatic rings. The number of nitrogens with zero attached hydrogens (tertiary/aromatic N) is 2. The van der Waals surface area contributed by atoms with Crippen molar-refractivity contribution < 1.29 is 9.53 Å². The number of hydrogen-bond donors (Lipinski definition) is 0. The van der Waals surface area contributed by atoms with Crippen LogP contribution in [0.2, 0.25) is 0 Å². The van der Waals surface area contributed by atoms with E-state index >= 15 is 0 Å². The molecule has 1 aliphatic heterocycles. The minimum atomic E-state index is -0.426. The van der Waals surface area contributed by atoms with Gasteiger partial charge in [0.1, 0.15) is 5.60 Å². The maximum absolute atomic E-state index is 11.8. The van der Waals surface area contributed by atoms with E-state index in [2.05, 4.69) is 6.07 Å². The van der Waals surface area contributed by atoms with Gasteiger partial charge in [-0.3, -0.25) is 0 Å². The van der Waals surface area contributed by atoms with Gasteiger partial charge < -0.3 is 9.64 Å². The summed E-state index contributed by atoms with van der Waals surface area (Å²) in [5.41, 5.74) is -0.206. The van der Waals surface area contributed by atoms with Crippen molar-refractivity contribution in [3.05, 3.63) is 0 Å². The molecule has 1 saturated heterocycles. The number of amides is 1. The summed E-state index contributed by atoms with van der Waals surface area (Å²) in [5, 5.41) is 8.89. The van der Waals surface area contributed by atoms with Crippen LogP contribution in [0, 0.1) is 22.7 Å². The van der Waals surface area contributed by atoms with Crippen LogP contribution in [0.5, 0.6) is 0 Å². The van der Waals surface area contributed by atoms with Gasteiger partial charge in [-0.25, -0.2) is 4.79 Å². The molecule has 1 amide bonds. The van der Waals surface area contributed by atoms with Gasteiger partial charge in [0.15, 0.2) is 0 Å². The van der Waals surface area contributed by atoms with E-state index in [1.807, 2.05) is 20.8 Å². The van der Waals surface area contributed by atoms with Gasteiger partial charge in [0, 0.05) is 24.4 Å². The van der Waals surface area contributed by atoms with Crippen LogP contribution in [0.3, 0.4) is 0 Å². The normalized spacial score (nSPS) is 26.5. The van der Waals surface area contributed by atoms with E-state index in [-0.39, 0.29) is 17.4 Å². The quantitative estimate of drug-likeness (QED) is 0.649. The lowest BCUT2D eigenvalue weighted by Crippen LogP contribution is -2.58. The second-order valence-electron chi connectivity index (χ2n) is 6.41. The van der Waals surface area contributed by atoms with E-state index < -0.39 is 5.60 Å². The largest absolute Gasteiger partial charge is 0.444 e. The molecule has 4 heteroatoms. The van der Waals surface area contributed by atoms with Crippen LogP contribution < -0.4 is 0 Å². The number of ether oxygens (including phenoxy) is 1. The monoisotopic (exact) mass is 236 g/mol. The average molecular weight is 236 g/mol. The highest BCUT2D eigenvalue weighted by molar-refractivity contribution is 5.69. The Bertz CT molecular complexity index is 359. The van der Waals surface area contributed by atoms with Gasteiger partial charge in [0.2, 0.25) is 0 Å². The Balaban J connectivity index is 1.83. The summed E-state index contributed by atoms with van der Waals surface area (Å²) in [6.45, 7) is 7.16. The topological polar surface area (TPSA) is 53.3 Å². The Kier molecular flexibility index (Phi) is 2.81. The fraction of sp³-hybridized carbons (Fsp3) is 0.846. The summed E-state index contributed by atoms with van der Waals surface area (Å²) < 4.78 is 5.32. The molecule has 2 fully saturated rings. The van der Waals surface area contributed by atoms with Crippen molar-refractivity contribution in [3.8, 4) is 6.07 Å². The van der Waals surface area contributed by atoms with Crippen molar-refractivity contribution in [2.24, 2.45) is 11.3 Å². The summed E-state index contributed by atoms with van der Waals surface area (Å²) >= 11 is 0. The van der Waals surface area contributed by atoms with E-state index in [4.69, 9.17) is 10.00 Å². The van der Waals surface area contributed by atoms with Crippen LogP contribution >= 0.6 is 0 Å². The summed E-state index contributed by atoms with van der Waals surface area (Å²) in [4.78, 5) is 13.5. The van der Waals surface area contributed by atoms with E-state index in [1.54, 1.807) is 4.90 Å². The molecule has 0 radical (unpaired) electrons. The van der Waals surface area contributed by atoms with Gasteiger partial charge in [-0.1, -0.05) is 0 Å². The molecular formula is C13H20N2O2. The average Bonchev–Trinajstić information content (AvgIpc) is 2.56. The van der Waals surface area contributed by atoms with Crippen molar-refractivity contribution in [3.63, 3.8) is 0 Å². The van der Waals surface area contributed by atoms with Crippen LogP contribution in [0.1, 0.15) is 40.0 Å². The lowest BCUT2D eigenvalue weighted by atomic mass is 9.78. The fourth-order valence-electron chi connectivity index (χ4n) is 2.82. The Morgan fingerprint density at radius 2 is 2.12 bits per heavy atom. The predicted molar refractivity (Wildman–Crippen MR) is 63.2 cm³/mol. The number of carbonyl (C=O) groups is 1. The molecule has 1 saturated carbocycles. The van der Waals surface area contributed by atoms with Crippen molar-refractivity contribution in [2.75, 3.05) is 13.1 Å².